The van der Waals surface area contributed by atoms with E-state index in [0.717, 1.165) is 31.9 Å². The molecule has 0 aliphatic rings. The number of aliphatic hydroxyl groups excluding tert-OH is 1. The number of ether oxygens (including phenoxy) is 2. The zero-order valence-electron chi connectivity index (χ0n) is 15.0. The number of rotatable bonds is 8. The summed E-state index contributed by atoms with van der Waals surface area (Å²) in [6.45, 7) is 9.39. The number of aliphatic hydroxyl groups is 1. The highest BCUT2D eigenvalue weighted by molar-refractivity contribution is 8.13. The molecule has 0 aromatic rings. The minimum absolute atomic E-state index is 0.355. The van der Waals surface area contributed by atoms with Crippen molar-refractivity contribution in [3.8, 4) is 0 Å². The summed E-state index contributed by atoms with van der Waals surface area (Å²) < 4.78 is 28.4. The van der Waals surface area contributed by atoms with Crippen LogP contribution in [0.3, 0.4) is 0 Å². The van der Waals surface area contributed by atoms with E-state index in [9.17, 15) is 13.2 Å². The van der Waals surface area contributed by atoms with Gasteiger partial charge in [-0.1, -0.05) is 47.0 Å². The number of carbonyl (C=O) groups is 1. The first-order chi connectivity index (χ1) is 10.6. The molecule has 142 valence electrons. The quantitative estimate of drug-likeness (QED) is 0.392. The van der Waals surface area contributed by atoms with E-state index < -0.39 is 15.2 Å². The Morgan fingerprint density at radius 3 is 1.87 bits per heavy atom. The molecule has 1 N–H and O–H groups in total. The molecule has 0 aromatic carbocycles. The molecule has 0 heterocycles. The second-order valence-electron chi connectivity index (χ2n) is 5.27. The van der Waals surface area contributed by atoms with E-state index in [1.165, 1.54) is 6.42 Å². The number of hydrogen-bond donors (Lipinski definition) is 1. The molecular weight excluding hydrogens is 344 g/mol. The molecule has 6 nitrogen and oxygen atoms in total. The maximum absolute atomic E-state index is 10.8. The molecule has 0 spiro atoms. The summed E-state index contributed by atoms with van der Waals surface area (Å²) in [5.74, 6) is 0.365. The largest absolute Gasteiger partial charge is 0.508 e. The van der Waals surface area contributed by atoms with Gasteiger partial charge in [0.25, 0.3) is 0 Å². The summed E-state index contributed by atoms with van der Waals surface area (Å²) >= 11 is 0. The Labute approximate surface area is 145 Å². The highest BCUT2D eigenvalue weighted by Crippen LogP contribution is 1.96. The van der Waals surface area contributed by atoms with Crippen LogP contribution in [-0.2, 0) is 18.5 Å². The lowest BCUT2D eigenvalue weighted by molar-refractivity contribution is 0.0468. The van der Waals surface area contributed by atoms with Crippen molar-refractivity contribution in [2.45, 2.75) is 59.8 Å². The van der Waals surface area contributed by atoms with Crippen LogP contribution in [0, 0.1) is 5.92 Å². The Morgan fingerprint density at radius 2 is 1.57 bits per heavy atom. The first-order valence-corrected chi connectivity index (χ1v) is 10.6. The minimum atomic E-state index is -3.19. The van der Waals surface area contributed by atoms with Crippen molar-refractivity contribution >= 4 is 25.9 Å². The number of halogens is 1. The average molecular weight is 377 g/mol. The Hall–Kier alpha value is -0.530. The van der Waals surface area contributed by atoms with Gasteiger partial charge < -0.3 is 14.6 Å². The lowest BCUT2D eigenvalue weighted by Gasteiger charge is -2.06. The maximum Gasteiger partial charge on any atom is 0.508 e. The summed E-state index contributed by atoms with van der Waals surface area (Å²) in [7, 11) is 1.31. The van der Waals surface area contributed by atoms with Crippen molar-refractivity contribution in [3.05, 3.63) is 0 Å². The van der Waals surface area contributed by atoms with Crippen LogP contribution in [0.4, 0.5) is 4.79 Å². The maximum atomic E-state index is 10.8. The molecule has 23 heavy (non-hydrogen) atoms. The second-order valence-corrected chi connectivity index (χ2v) is 8.31. The number of carbonyl (C=O) groups excluding carboxylic acids is 1. The first kappa shape index (κ1) is 27.3. The number of unbranched alkanes of at least 4 members (excludes halogenated alkanes) is 3. The molecule has 0 bridgehead atoms. The lowest BCUT2D eigenvalue weighted by atomic mass is 10.2. The monoisotopic (exact) mass is 376 g/mol. The molecule has 0 unspecified atom stereocenters. The van der Waals surface area contributed by atoms with Crippen LogP contribution in [0.5, 0.6) is 0 Å². The molecule has 8 heteroatoms. The standard InChI is InChI=1S/C9H18O3.C5H12O.CH3ClO2S/c1-4-5-6-11-9(10)12-7-8(2)3;1-2-3-4-5-6;1-5(2,3)4/h8H,4-7H2,1-3H3;6H,2-5H2,1H3;1H3. The Balaban J connectivity index is -0.000000303. The molecule has 0 saturated heterocycles. The Bertz CT molecular complexity index is 332. The predicted molar refractivity (Wildman–Crippen MR) is 94.4 cm³/mol. The van der Waals surface area contributed by atoms with E-state index in [-0.39, 0.29) is 0 Å². The van der Waals surface area contributed by atoms with Crippen LogP contribution >= 0.6 is 10.7 Å². The SMILES string of the molecule is CCCCCO.CCCCOC(=O)OCC(C)C.CS(=O)(=O)Cl. The van der Waals surface area contributed by atoms with Crippen LogP contribution < -0.4 is 0 Å². The minimum Gasteiger partial charge on any atom is -0.434 e. The van der Waals surface area contributed by atoms with E-state index in [2.05, 4.69) is 17.6 Å². The number of hydrogen-bond acceptors (Lipinski definition) is 6. The van der Waals surface area contributed by atoms with Crippen molar-refractivity contribution in [1.82, 2.24) is 0 Å². The molecule has 0 aliphatic carbocycles. The highest BCUT2D eigenvalue weighted by Gasteiger charge is 2.03. The van der Waals surface area contributed by atoms with Gasteiger partial charge in [0.15, 0.2) is 0 Å². The van der Waals surface area contributed by atoms with Gasteiger partial charge in [-0.25, -0.2) is 13.2 Å². The molecule has 0 aliphatic heterocycles. The average Bonchev–Trinajstić information content (AvgIpc) is 2.42. The molecule has 0 rings (SSSR count). The fraction of sp³-hybridized carbons (Fsp3) is 0.933. The van der Waals surface area contributed by atoms with E-state index >= 15 is 0 Å². The van der Waals surface area contributed by atoms with Crippen molar-refractivity contribution in [1.29, 1.82) is 0 Å². The van der Waals surface area contributed by atoms with Gasteiger partial charge in [0.05, 0.1) is 19.5 Å². The van der Waals surface area contributed by atoms with E-state index in [0.29, 0.717) is 25.7 Å². The van der Waals surface area contributed by atoms with Gasteiger partial charge in [-0.2, -0.15) is 0 Å². The van der Waals surface area contributed by atoms with Crippen LogP contribution in [0.25, 0.3) is 0 Å². The summed E-state index contributed by atoms with van der Waals surface area (Å²) in [6, 6.07) is 0. The third-order valence-electron chi connectivity index (χ3n) is 2.01. The predicted octanol–water partition coefficient (Wildman–Crippen LogP) is 3.95. The van der Waals surface area contributed by atoms with Gasteiger partial charge in [0, 0.05) is 17.3 Å². The Morgan fingerprint density at radius 1 is 1.09 bits per heavy atom. The van der Waals surface area contributed by atoms with Gasteiger partial charge in [0.1, 0.15) is 0 Å². The Kier molecular flexibility index (Phi) is 23.2. The molecule has 0 fully saturated rings. The summed E-state index contributed by atoms with van der Waals surface area (Å²) in [6.07, 6.45) is 5.63. The molecule has 0 saturated carbocycles. The van der Waals surface area contributed by atoms with Gasteiger partial charge in [0.2, 0.25) is 9.05 Å². The molecule has 0 amide bonds. The first-order valence-electron chi connectivity index (χ1n) is 7.88. The lowest BCUT2D eigenvalue weighted by Crippen LogP contribution is -2.12. The molecule has 0 aromatic heterocycles. The fourth-order valence-corrected chi connectivity index (χ4v) is 0.938. The van der Waals surface area contributed by atoms with Crippen molar-refractivity contribution < 1.29 is 27.8 Å². The van der Waals surface area contributed by atoms with E-state index in [1.807, 2.05) is 20.8 Å². The molecule has 0 radical (unpaired) electrons. The highest BCUT2D eigenvalue weighted by atomic mass is 35.7. The van der Waals surface area contributed by atoms with Gasteiger partial charge in [-0.15, -0.1) is 0 Å². The normalized spacial score (nSPS) is 10.1. The summed E-state index contributed by atoms with van der Waals surface area (Å²) in [5.41, 5.74) is 0. The van der Waals surface area contributed by atoms with Crippen LogP contribution in [-0.4, -0.2) is 45.8 Å². The zero-order chi connectivity index (χ0) is 18.7. The second kappa shape index (κ2) is 19.5. The van der Waals surface area contributed by atoms with E-state index in [1.54, 1.807) is 0 Å². The van der Waals surface area contributed by atoms with Gasteiger partial charge in [-0.05, 0) is 18.8 Å². The third-order valence-corrected chi connectivity index (χ3v) is 2.01. The summed E-state index contributed by atoms with van der Waals surface area (Å²) in [5, 5.41) is 8.20. The van der Waals surface area contributed by atoms with Gasteiger partial charge in [-0.3, -0.25) is 0 Å². The van der Waals surface area contributed by atoms with E-state index in [4.69, 9.17) is 14.6 Å². The topological polar surface area (TPSA) is 89.9 Å². The fourth-order valence-electron chi connectivity index (χ4n) is 0.938. The van der Waals surface area contributed by atoms with Gasteiger partial charge >= 0.3 is 6.16 Å². The zero-order valence-corrected chi connectivity index (χ0v) is 16.6. The van der Waals surface area contributed by atoms with Crippen LogP contribution in [0.2, 0.25) is 0 Å². The molecule has 0 atom stereocenters. The summed E-state index contributed by atoms with van der Waals surface area (Å²) in [4.78, 5) is 10.8. The molecular formula is C15H33ClO6S. The van der Waals surface area contributed by atoms with Crippen molar-refractivity contribution in [3.63, 3.8) is 0 Å². The third kappa shape index (κ3) is 52.3. The smallest absolute Gasteiger partial charge is 0.434 e. The van der Waals surface area contributed by atoms with Crippen molar-refractivity contribution in [2.24, 2.45) is 5.92 Å². The van der Waals surface area contributed by atoms with Crippen LogP contribution in [0.1, 0.15) is 59.8 Å². The van der Waals surface area contributed by atoms with Crippen molar-refractivity contribution in [2.75, 3.05) is 26.1 Å². The van der Waals surface area contributed by atoms with Crippen LogP contribution in [0.15, 0.2) is 0 Å².